The van der Waals surface area contributed by atoms with E-state index in [1.807, 2.05) is 24.3 Å². The first kappa shape index (κ1) is 12.0. The first-order valence-corrected chi connectivity index (χ1v) is 6.31. The maximum atomic E-state index is 9.32. The number of halogens is 1. The van der Waals surface area contributed by atoms with Crippen LogP contribution in [0, 0.1) is 0 Å². The lowest BCUT2D eigenvalue weighted by Crippen LogP contribution is -2.04. The van der Waals surface area contributed by atoms with Crippen LogP contribution in [0.2, 0.25) is 0 Å². The van der Waals surface area contributed by atoms with Gasteiger partial charge in [0.15, 0.2) is 0 Å². The average Bonchev–Trinajstić information content (AvgIpc) is 2.29. The Balaban J connectivity index is 1.87. The molecular formula is C14H14BrNO. The van der Waals surface area contributed by atoms with E-state index in [1.165, 1.54) is 5.56 Å². The van der Waals surface area contributed by atoms with Crippen LogP contribution in [0.25, 0.3) is 0 Å². The van der Waals surface area contributed by atoms with Crippen molar-refractivity contribution in [1.29, 1.82) is 0 Å². The van der Waals surface area contributed by atoms with Gasteiger partial charge in [0.1, 0.15) is 5.75 Å². The lowest BCUT2D eigenvalue weighted by molar-refractivity contribution is 0.475. The average molecular weight is 292 g/mol. The van der Waals surface area contributed by atoms with Crippen molar-refractivity contribution in [3.63, 3.8) is 0 Å². The first-order valence-electron chi connectivity index (χ1n) is 5.51. The molecule has 0 fully saturated rings. The lowest BCUT2D eigenvalue weighted by Gasteiger charge is -2.07. The molecule has 0 radical (unpaired) electrons. The molecule has 2 N–H and O–H groups in total. The summed E-state index contributed by atoms with van der Waals surface area (Å²) >= 11 is 3.46. The van der Waals surface area contributed by atoms with E-state index in [2.05, 4.69) is 33.4 Å². The van der Waals surface area contributed by atoms with Crippen LogP contribution in [-0.2, 0) is 6.42 Å². The van der Waals surface area contributed by atoms with Gasteiger partial charge in [-0.25, -0.2) is 0 Å². The molecule has 0 aromatic heterocycles. The highest BCUT2D eigenvalue weighted by Gasteiger charge is 1.96. The third-order valence-electron chi connectivity index (χ3n) is 2.48. The second-order valence-corrected chi connectivity index (χ2v) is 4.77. The van der Waals surface area contributed by atoms with E-state index < -0.39 is 0 Å². The van der Waals surface area contributed by atoms with Crippen molar-refractivity contribution in [2.75, 3.05) is 11.9 Å². The number of phenolic OH excluding ortho intramolecular Hbond substituents is 1. The molecule has 0 aliphatic heterocycles. The molecular weight excluding hydrogens is 278 g/mol. The van der Waals surface area contributed by atoms with Crippen LogP contribution >= 0.6 is 15.9 Å². The molecule has 0 unspecified atom stereocenters. The summed E-state index contributed by atoms with van der Waals surface area (Å²) in [4.78, 5) is 0. The minimum absolute atomic E-state index is 0.289. The number of aromatic hydroxyl groups is 1. The van der Waals surface area contributed by atoms with Gasteiger partial charge in [0.05, 0.1) is 0 Å². The topological polar surface area (TPSA) is 32.3 Å². The third kappa shape index (κ3) is 3.79. The summed E-state index contributed by atoms with van der Waals surface area (Å²) < 4.78 is 1.10. The molecule has 17 heavy (non-hydrogen) atoms. The summed E-state index contributed by atoms with van der Waals surface area (Å²) in [6, 6.07) is 15.4. The predicted molar refractivity (Wildman–Crippen MR) is 74.4 cm³/mol. The normalized spacial score (nSPS) is 10.2. The van der Waals surface area contributed by atoms with Crippen LogP contribution in [-0.4, -0.2) is 11.7 Å². The van der Waals surface area contributed by atoms with Gasteiger partial charge >= 0.3 is 0 Å². The zero-order valence-electron chi connectivity index (χ0n) is 9.36. The molecule has 2 aromatic carbocycles. The molecule has 0 saturated heterocycles. The van der Waals surface area contributed by atoms with Crippen LogP contribution in [0.3, 0.4) is 0 Å². The van der Waals surface area contributed by atoms with Gasteiger partial charge in [-0.05, 0) is 36.2 Å². The molecule has 0 saturated carbocycles. The molecule has 2 nitrogen and oxygen atoms in total. The molecule has 3 heteroatoms. The van der Waals surface area contributed by atoms with E-state index in [1.54, 1.807) is 12.1 Å². The minimum atomic E-state index is 0.289. The highest BCUT2D eigenvalue weighted by molar-refractivity contribution is 9.10. The fourth-order valence-electron chi connectivity index (χ4n) is 1.66. The Morgan fingerprint density at radius 3 is 2.65 bits per heavy atom. The lowest BCUT2D eigenvalue weighted by atomic mass is 10.1. The molecule has 2 rings (SSSR count). The van der Waals surface area contributed by atoms with Crippen LogP contribution < -0.4 is 5.32 Å². The summed E-state index contributed by atoms with van der Waals surface area (Å²) in [7, 11) is 0. The number of nitrogens with one attached hydrogen (secondary N) is 1. The van der Waals surface area contributed by atoms with Gasteiger partial charge in [0.25, 0.3) is 0 Å². The Bertz CT molecular complexity index is 454. The second kappa shape index (κ2) is 5.73. The van der Waals surface area contributed by atoms with E-state index in [0.717, 1.165) is 23.1 Å². The molecule has 0 spiro atoms. The van der Waals surface area contributed by atoms with E-state index in [4.69, 9.17) is 0 Å². The van der Waals surface area contributed by atoms with Crippen molar-refractivity contribution in [1.82, 2.24) is 0 Å². The molecule has 0 aliphatic carbocycles. The fourth-order valence-corrected chi connectivity index (χ4v) is 2.11. The number of rotatable bonds is 4. The Hall–Kier alpha value is -1.48. The smallest absolute Gasteiger partial charge is 0.117 e. The Morgan fingerprint density at radius 1 is 1.06 bits per heavy atom. The maximum absolute atomic E-state index is 9.32. The van der Waals surface area contributed by atoms with E-state index in [-0.39, 0.29) is 5.75 Å². The quantitative estimate of drug-likeness (QED) is 0.898. The van der Waals surface area contributed by atoms with Crippen LogP contribution in [0.4, 0.5) is 5.69 Å². The first-order chi connectivity index (χ1) is 8.24. The largest absolute Gasteiger partial charge is 0.508 e. The molecule has 0 bridgehead atoms. The Morgan fingerprint density at radius 2 is 1.88 bits per heavy atom. The SMILES string of the molecule is Oc1cccc(NCCc2cccc(Br)c2)c1. The maximum Gasteiger partial charge on any atom is 0.117 e. The van der Waals surface area contributed by atoms with Crippen molar-refractivity contribution in [3.8, 4) is 5.75 Å². The van der Waals surface area contributed by atoms with Gasteiger partial charge in [-0.15, -0.1) is 0 Å². The van der Waals surface area contributed by atoms with E-state index >= 15 is 0 Å². The zero-order chi connectivity index (χ0) is 12.1. The van der Waals surface area contributed by atoms with Gasteiger partial charge in [-0.3, -0.25) is 0 Å². The molecule has 0 atom stereocenters. The summed E-state index contributed by atoms with van der Waals surface area (Å²) in [5.74, 6) is 0.289. The minimum Gasteiger partial charge on any atom is -0.508 e. The van der Waals surface area contributed by atoms with Crippen molar-refractivity contribution in [3.05, 3.63) is 58.6 Å². The molecule has 2 aromatic rings. The number of hydrogen-bond acceptors (Lipinski definition) is 2. The highest BCUT2D eigenvalue weighted by Crippen LogP contribution is 2.16. The Kier molecular flexibility index (Phi) is 4.04. The van der Waals surface area contributed by atoms with Crippen LogP contribution in [0.15, 0.2) is 53.0 Å². The van der Waals surface area contributed by atoms with Crippen LogP contribution in [0.5, 0.6) is 5.75 Å². The van der Waals surface area contributed by atoms with Gasteiger partial charge in [-0.1, -0.05) is 34.1 Å². The number of hydrogen-bond donors (Lipinski definition) is 2. The van der Waals surface area contributed by atoms with E-state index in [9.17, 15) is 5.11 Å². The number of phenols is 1. The summed E-state index contributed by atoms with van der Waals surface area (Å²) in [5.41, 5.74) is 2.23. The number of anilines is 1. The van der Waals surface area contributed by atoms with Crippen molar-refractivity contribution < 1.29 is 5.11 Å². The van der Waals surface area contributed by atoms with Gasteiger partial charge in [0.2, 0.25) is 0 Å². The summed E-state index contributed by atoms with van der Waals surface area (Å²) in [6.07, 6.45) is 0.953. The van der Waals surface area contributed by atoms with Gasteiger partial charge < -0.3 is 10.4 Å². The fraction of sp³-hybridized carbons (Fsp3) is 0.143. The van der Waals surface area contributed by atoms with Gasteiger partial charge in [0, 0.05) is 22.8 Å². The van der Waals surface area contributed by atoms with Crippen LogP contribution in [0.1, 0.15) is 5.56 Å². The number of benzene rings is 2. The zero-order valence-corrected chi connectivity index (χ0v) is 10.9. The molecule has 0 amide bonds. The highest BCUT2D eigenvalue weighted by atomic mass is 79.9. The Labute approximate surface area is 109 Å². The predicted octanol–water partition coefficient (Wildman–Crippen LogP) is 3.81. The van der Waals surface area contributed by atoms with Gasteiger partial charge in [-0.2, -0.15) is 0 Å². The third-order valence-corrected chi connectivity index (χ3v) is 2.97. The summed E-state index contributed by atoms with van der Waals surface area (Å²) in [5, 5.41) is 12.6. The monoisotopic (exact) mass is 291 g/mol. The van der Waals surface area contributed by atoms with Crippen molar-refractivity contribution in [2.24, 2.45) is 0 Å². The molecule has 0 heterocycles. The molecule has 88 valence electrons. The standard InChI is InChI=1S/C14H14BrNO/c15-12-4-1-3-11(9-12)7-8-16-13-5-2-6-14(17)10-13/h1-6,9-10,16-17H,7-8H2. The van der Waals surface area contributed by atoms with E-state index in [0.29, 0.717) is 0 Å². The van der Waals surface area contributed by atoms with Crippen molar-refractivity contribution in [2.45, 2.75) is 6.42 Å². The summed E-state index contributed by atoms with van der Waals surface area (Å²) in [6.45, 7) is 0.847. The second-order valence-electron chi connectivity index (χ2n) is 3.86. The van der Waals surface area contributed by atoms with Crippen molar-refractivity contribution >= 4 is 21.6 Å². The molecule has 0 aliphatic rings.